The number of anilines is 1. The molecule has 0 radical (unpaired) electrons. The summed E-state index contributed by atoms with van der Waals surface area (Å²) < 4.78 is 10.3. The predicted octanol–water partition coefficient (Wildman–Crippen LogP) is 2.93. The minimum Gasteiger partial charge on any atom is -0.496 e. The standard InChI is InChI=1S/C23H26N4O6S/c1-4-33-22(29)16-8-9-18(19(14-16)27(30)31)25-10-12-26(13-11-25)23(34)24-21(28)17-7-5-6-15(2)20(17)32-3/h5-9,14H,4,10-13H2,1-3H3,(H,24,28,34). The summed E-state index contributed by atoms with van der Waals surface area (Å²) in [5.74, 6) is -0.474. The number of nitrogens with zero attached hydrogens (tertiary/aromatic N) is 3. The topological polar surface area (TPSA) is 114 Å². The maximum Gasteiger partial charge on any atom is 0.338 e. The number of piperazine rings is 1. The predicted molar refractivity (Wildman–Crippen MR) is 131 cm³/mol. The number of hydrogen-bond donors (Lipinski definition) is 1. The summed E-state index contributed by atoms with van der Waals surface area (Å²) in [6.45, 7) is 5.52. The zero-order chi connectivity index (χ0) is 24.8. The number of amides is 1. The second-order valence-corrected chi connectivity index (χ2v) is 7.96. The number of carbonyl (C=O) groups is 2. The molecule has 0 atom stereocenters. The van der Waals surface area contributed by atoms with Crippen LogP contribution in [0.25, 0.3) is 0 Å². The number of ether oxygens (including phenoxy) is 2. The molecule has 0 aliphatic carbocycles. The van der Waals surface area contributed by atoms with Gasteiger partial charge in [-0.1, -0.05) is 12.1 Å². The van der Waals surface area contributed by atoms with E-state index in [0.29, 0.717) is 43.2 Å². The summed E-state index contributed by atoms with van der Waals surface area (Å²) in [6, 6.07) is 9.61. The molecule has 10 nitrogen and oxygen atoms in total. The Hall–Kier alpha value is -3.73. The number of nitrogens with one attached hydrogen (secondary N) is 1. The van der Waals surface area contributed by atoms with Gasteiger partial charge >= 0.3 is 5.97 Å². The SMILES string of the molecule is CCOC(=O)c1ccc(N2CCN(C(=S)NC(=O)c3cccc(C)c3OC)CC2)c([N+](=O)[O-])c1. The van der Waals surface area contributed by atoms with Gasteiger partial charge in [0, 0.05) is 32.2 Å². The average molecular weight is 487 g/mol. The number of carbonyl (C=O) groups excluding carboxylic acids is 2. The van der Waals surface area contributed by atoms with Crippen molar-refractivity contribution >= 4 is 40.6 Å². The Morgan fingerprint density at radius 2 is 1.88 bits per heavy atom. The van der Waals surface area contributed by atoms with E-state index in [2.05, 4.69) is 5.32 Å². The minimum atomic E-state index is -0.603. The van der Waals surface area contributed by atoms with Crippen molar-refractivity contribution in [2.75, 3.05) is 44.8 Å². The average Bonchev–Trinajstić information content (AvgIpc) is 2.83. The van der Waals surface area contributed by atoms with Crippen molar-refractivity contribution < 1.29 is 24.0 Å². The molecule has 1 amide bonds. The van der Waals surface area contributed by atoms with E-state index in [1.165, 1.54) is 19.2 Å². The summed E-state index contributed by atoms with van der Waals surface area (Å²) in [5, 5.41) is 14.7. The molecule has 180 valence electrons. The van der Waals surface area contributed by atoms with Gasteiger partial charge in [0.25, 0.3) is 11.6 Å². The summed E-state index contributed by atoms with van der Waals surface area (Å²) in [6.07, 6.45) is 0. The number of aryl methyl sites for hydroxylation is 1. The molecule has 1 fully saturated rings. The van der Waals surface area contributed by atoms with Gasteiger partial charge in [-0.3, -0.25) is 20.2 Å². The molecule has 34 heavy (non-hydrogen) atoms. The fraction of sp³-hybridized carbons (Fsp3) is 0.348. The molecule has 0 spiro atoms. The van der Waals surface area contributed by atoms with Gasteiger partial charge in [0.1, 0.15) is 11.4 Å². The number of benzene rings is 2. The van der Waals surface area contributed by atoms with Crippen LogP contribution in [-0.4, -0.2) is 66.7 Å². The van der Waals surface area contributed by atoms with Crippen molar-refractivity contribution in [1.29, 1.82) is 0 Å². The molecule has 0 bridgehead atoms. The normalized spacial score (nSPS) is 13.3. The van der Waals surface area contributed by atoms with E-state index in [0.717, 1.165) is 5.56 Å². The number of esters is 1. The molecule has 2 aromatic rings. The molecule has 1 saturated heterocycles. The Labute approximate surface area is 202 Å². The largest absolute Gasteiger partial charge is 0.496 e. The van der Waals surface area contributed by atoms with Gasteiger partial charge in [-0.15, -0.1) is 0 Å². The molecule has 1 aliphatic rings. The molecule has 1 aliphatic heterocycles. The summed E-state index contributed by atoms with van der Waals surface area (Å²) in [7, 11) is 1.51. The summed E-state index contributed by atoms with van der Waals surface area (Å²) in [5.41, 5.74) is 1.61. The number of para-hydroxylation sites is 1. The van der Waals surface area contributed by atoms with Crippen LogP contribution in [0.2, 0.25) is 0 Å². The Kier molecular flexibility index (Phi) is 8.00. The highest BCUT2D eigenvalue weighted by molar-refractivity contribution is 7.80. The van der Waals surface area contributed by atoms with Crippen LogP contribution in [0.1, 0.15) is 33.2 Å². The Morgan fingerprint density at radius 3 is 2.50 bits per heavy atom. The number of hydrogen-bond acceptors (Lipinski definition) is 8. The minimum absolute atomic E-state index is 0.131. The Balaban J connectivity index is 1.67. The van der Waals surface area contributed by atoms with Gasteiger partial charge in [0.2, 0.25) is 0 Å². The first-order valence-corrected chi connectivity index (χ1v) is 11.1. The van der Waals surface area contributed by atoms with Crippen LogP contribution in [0.3, 0.4) is 0 Å². The molecule has 0 saturated carbocycles. The number of methoxy groups -OCH3 is 1. The van der Waals surface area contributed by atoms with Crippen molar-refractivity contribution in [1.82, 2.24) is 10.2 Å². The summed E-state index contributed by atoms with van der Waals surface area (Å²) in [4.78, 5) is 39.5. The lowest BCUT2D eigenvalue weighted by Crippen LogP contribution is -2.52. The molecule has 1 N–H and O–H groups in total. The third kappa shape index (κ3) is 5.42. The molecular formula is C23H26N4O6S. The van der Waals surface area contributed by atoms with Gasteiger partial charge < -0.3 is 19.3 Å². The van der Waals surface area contributed by atoms with Gasteiger partial charge in [-0.25, -0.2) is 4.79 Å². The molecule has 0 aromatic heterocycles. The Morgan fingerprint density at radius 1 is 1.18 bits per heavy atom. The van der Waals surface area contributed by atoms with Crippen molar-refractivity contribution in [2.24, 2.45) is 0 Å². The molecule has 11 heteroatoms. The van der Waals surface area contributed by atoms with Crippen LogP contribution in [0.5, 0.6) is 5.75 Å². The highest BCUT2D eigenvalue weighted by Gasteiger charge is 2.27. The van der Waals surface area contributed by atoms with Gasteiger partial charge in [-0.05, 0) is 49.8 Å². The van der Waals surface area contributed by atoms with Gasteiger partial charge in [0.15, 0.2) is 5.11 Å². The lowest BCUT2D eigenvalue weighted by atomic mass is 10.1. The highest BCUT2D eigenvalue weighted by atomic mass is 32.1. The third-order valence-corrected chi connectivity index (χ3v) is 5.83. The first-order chi connectivity index (χ1) is 16.3. The van der Waals surface area contributed by atoms with E-state index in [-0.39, 0.29) is 28.9 Å². The quantitative estimate of drug-likeness (QED) is 0.285. The first kappa shape index (κ1) is 24.9. The van der Waals surface area contributed by atoms with Crippen molar-refractivity contribution in [3.63, 3.8) is 0 Å². The zero-order valence-electron chi connectivity index (χ0n) is 19.2. The number of nitro benzene ring substituents is 1. The van der Waals surface area contributed by atoms with Crippen molar-refractivity contribution in [3.05, 3.63) is 63.2 Å². The van der Waals surface area contributed by atoms with Crippen LogP contribution in [0.4, 0.5) is 11.4 Å². The van der Waals surface area contributed by atoms with E-state index in [9.17, 15) is 19.7 Å². The number of rotatable bonds is 6. The lowest BCUT2D eigenvalue weighted by molar-refractivity contribution is -0.384. The van der Waals surface area contributed by atoms with Crippen LogP contribution in [-0.2, 0) is 4.74 Å². The van der Waals surface area contributed by atoms with Crippen LogP contribution < -0.4 is 15.0 Å². The van der Waals surface area contributed by atoms with E-state index in [4.69, 9.17) is 21.7 Å². The molecule has 1 heterocycles. The first-order valence-electron chi connectivity index (χ1n) is 10.7. The molecule has 3 rings (SSSR count). The van der Waals surface area contributed by atoms with Gasteiger partial charge in [-0.2, -0.15) is 0 Å². The maximum atomic E-state index is 12.7. The molecule has 0 unspecified atom stereocenters. The summed E-state index contributed by atoms with van der Waals surface area (Å²) >= 11 is 5.43. The van der Waals surface area contributed by atoms with Crippen molar-refractivity contribution in [2.45, 2.75) is 13.8 Å². The molecule has 2 aromatic carbocycles. The van der Waals surface area contributed by atoms with Crippen LogP contribution in [0.15, 0.2) is 36.4 Å². The zero-order valence-corrected chi connectivity index (χ0v) is 20.0. The van der Waals surface area contributed by atoms with Crippen LogP contribution in [0, 0.1) is 17.0 Å². The smallest absolute Gasteiger partial charge is 0.338 e. The van der Waals surface area contributed by atoms with E-state index >= 15 is 0 Å². The number of thiocarbonyl (C=S) groups is 1. The monoisotopic (exact) mass is 486 g/mol. The van der Waals surface area contributed by atoms with E-state index < -0.39 is 10.9 Å². The fourth-order valence-corrected chi connectivity index (χ4v) is 4.05. The van der Waals surface area contributed by atoms with Crippen LogP contribution >= 0.6 is 12.2 Å². The highest BCUT2D eigenvalue weighted by Crippen LogP contribution is 2.30. The third-order valence-electron chi connectivity index (χ3n) is 5.47. The second kappa shape index (κ2) is 10.9. The fourth-order valence-electron chi connectivity index (χ4n) is 3.77. The lowest BCUT2D eigenvalue weighted by Gasteiger charge is -2.37. The maximum absolute atomic E-state index is 12.7. The van der Waals surface area contributed by atoms with Gasteiger partial charge in [0.05, 0.1) is 29.8 Å². The van der Waals surface area contributed by atoms with E-state index in [1.807, 2.05) is 22.8 Å². The second-order valence-electron chi connectivity index (χ2n) is 7.57. The molecular weight excluding hydrogens is 460 g/mol. The number of nitro groups is 1. The Bertz CT molecular complexity index is 1110. The van der Waals surface area contributed by atoms with Crippen molar-refractivity contribution in [3.8, 4) is 5.75 Å². The van der Waals surface area contributed by atoms with E-state index in [1.54, 1.807) is 25.1 Å².